The van der Waals surface area contributed by atoms with Gasteiger partial charge in [0.15, 0.2) is 88.7 Å². The highest BCUT2D eigenvalue weighted by atomic mass is 32.1. The minimum Gasteiger partial charge on any atom is -0.451 e. The summed E-state index contributed by atoms with van der Waals surface area (Å²) in [5, 5.41) is 0. The molecule has 0 atom stereocenters. The number of halogens is 20. The van der Waals surface area contributed by atoms with Crippen molar-refractivity contribution in [3.05, 3.63) is 182 Å². The SMILES string of the molecule is Fc1c(F)c(F)c([B-](c2c(F)c(F)c(F)c(F)c2F)(c2c(F)c(F)c(F)c(F)c2F)c2c(F)c(F)c(F)c(F)c2F)c(F)c1F.O=C(OCS)c1cc[n+](Cc2ccccc2)cc1. The fraction of sp³-hybridized carbons (Fsp3) is 0.0526. The lowest BCUT2D eigenvalue weighted by molar-refractivity contribution is -0.688. The normalized spacial score (nSPS) is 11.4. The van der Waals surface area contributed by atoms with E-state index in [1.807, 2.05) is 35.2 Å². The highest BCUT2D eigenvalue weighted by Crippen LogP contribution is 2.30. The van der Waals surface area contributed by atoms with E-state index in [1.54, 1.807) is 12.1 Å². The zero-order valence-electron chi connectivity index (χ0n) is 30.0. The Hall–Kier alpha value is -6.27. The highest BCUT2D eigenvalue weighted by molar-refractivity contribution is 7.80. The van der Waals surface area contributed by atoms with Crippen LogP contribution in [0.2, 0.25) is 0 Å². The fourth-order valence-corrected chi connectivity index (χ4v) is 6.63. The van der Waals surface area contributed by atoms with Crippen LogP contribution < -0.4 is 26.4 Å². The maximum atomic E-state index is 15.4. The molecule has 0 aliphatic carbocycles. The Kier molecular flexibility index (Phi) is 13.8. The van der Waals surface area contributed by atoms with E-state index in [-0.39, 0.29) is 11.9 Å². The maximum absolute atomic E-state index is 15.4. The Morgan fingerprint density at radius 3 is 0.921 bits per heavy atom. The Labute approximate surface area is 343 Å². The number of carbonyl (C=O) groups is 1. The van der Waals surface area contributed by atoms with E-state index < -0.39 is 144 Å². The molecule has 0 aliphatic rings. The Balaban J connectivity index is 0.000000345. The number of ether oxygens (including phenoxy) is 1. The molecule has 332 valence electrons. The van der Waals surface area contributed by atoms with Crippen LogP contribution in [0.3, 0.4) is 0 Å². The van der Waals surface area contributed by atoms with Crippen molar-refractivity contribution in [2.75, 3.05) is 5.94 Å². The number of thiol groups is 1. The lowest BCUT2D eigenvalue weighted by atomic mass is 9.12. The predicted molar refractivity (Wildman–Crippen MR) is 181 cm³/mol. The van der Waals surface area contributed by atoms with Gasteiger partial charge in [-0.2, -0.15) is 0 Å². The molecular weight excluding hydrogens is 925 g/mol. The van der Waals surface area contributed by atoms with E-state index in [1.165, 1.54) is 5.56 Å². The molecule has 6 rings (SSSR count). The summed E-state index contributed by atoms with van der Waals surface area (Å²) in [5.41, 5.74) is -12.6. The van der Waals surface area contributed by atoms with Crippen LogP contribution in [0.25, 0.3) is 0 Å². The number of rotatable bonds is 8. The molecule has 6 aromatic rings. The number of esters is 1. The minimum absolute atomic E-state index is 0.0950. The molecule has 0 amide bonds. The van der Waals surface area contributed by atoms with Gasteiger partial charge in [-0.3, -0.25) is 0 Å². The molecular formula is C38H14BF20NO2S. The monoisotopic (exact) mass is 939 g/mol. The molecule has 1 aromatic heterocycles. The zero-order chi connectivity index (χ0) is 47.2. The first kappa shape index (κ1) is 47.8. The quantitative estimate of drug-likeness (QED) is 0.0246. The molecule has 63 heavy (non-hydrogen) atoms. The van der Waals surface area contributed by atoms with Crippen molar-refractivity contribution in [3.63, 3.8) is 0 Å². The zero-order valence-corrected chi connectivity index (χ0v) is 30.9. The third kappa shape index (κ3) is 7.90. The Bertz CT molecular complexity index is 2410. The van der Waals surface area contributed by atoms with Crippen LogP contribution in [-0.4, -0.2) is 18.1 Å². The number of nitrogens with zero attached hydrogens (tertiary/aromatic N) is 1. The van der Waals surface area contributed by atoms with Crippen molar-refractivity contribution in [2.24, 2.45) is 0 Å². The number of pyridine rings is 1. The predicted octanol–water partition coefficient (Wildman–Crippen LogP) is 7.91. The van der Waals surface area contributed by atoms with Crippen LogP contribution in [-0.2, 0) is 11.3 Å². The maximum Gasteiger partial charge on any atom is 0.339 e. The van der Waals surface area contributed by atoms with Crippen LogP contribution >= 0.6 is 12.6 Å². The summed E-state index contributed by atoms with van der Waals surface area (Å²) < 4.78 is 301. The van der Waals surface area contributed by atoms with Crippen molar-refractivity contribution in [1.82, 2.24) is 0 Å². The Morgan fingerprint density at radius 2 is 0.667 bits per heavy atom. The first-order chi connectivity index (χ1) is 29.5. The van der Waals surface area contributed by atoms with Gasteiger partial charge in [-0.25, -0.2) is 97.2 Å². The molecule has 3 nitrogen and oxygen atoms in total. The summed E-state index contributed by atoms with van der Waals surface area (Å²) >= 11 is 3.85. The van der Waals surface area contributed by atoms with Gasteiger partial charge in [0.25, 0.3) is 0 Å². The van der Waals surface area contributed by atoms with E-state index in [0.29, 0.717) is 5.56 Å². The molecule has 0 N–H and O–H groups in total. The first-order valence-electron chi connectivity index (χ1n) is 16.5. The standard InChI is InChI=1S/C24BF20.C14H13NO2S/c26-5-1(6(27)14(35)21(42)13(5)34)25(2-7(28)15(36)22(43)16(37)8(2)29,3-9(30)17(38)23(44)18(39)10(3)31)4-11(32)19(40)24(45)20(41)12(4)33;16-14(17-11-18)13-6-8-15(9-7-13)10-12-4-2-1-3-5-12/h;1-9H,10-11H2/q-1;/p+1. The van der Waals surface area contributed by atoms with E-state index >= 15 is 35.1 Å². The molecule has 0 unspecified atom stereocenters. The molecule has 0 saturated carbocycles. The third-order valence-corrected chi connectivity index (χ3v) is 9.37. The minimum atomic E-state index is -7.22. The average molecular weight is 939 g/mol. The second-order valence-corrected chi connectivity index (χ2v) is 12.9. The van der Waals surface area contributed by atoms with Crippen molar-refractivity contribution >= 4 is 46.6 Å². The van der Waals surface area contributed by atoms with E-state index in [9.17, 15) is 57.5 Å². The summed E-state index contributed by atoms with van der Waals surface area (Å²) in [4.78, 5) is 11.4. The van der Waals surface area contributed by atoms with Gasteiger partial charge in [0.05, 0.1) is 5.56 Å². The van der Waals surface area contributed by atoms with Gasteiger partial charge in [-0.15, -0.1) is 34.5 Å². The topological polar surface area (TPSA) is 30.2 Å². The van der Waals surface area contributed by atoms with Crippen molar-refractivity contribution < 1.29 is 102 Å². The van der Waals surface area contributed by atoms with Crippen molar-refractivity contribution in [2.45, 2.75) is 6.54 Å². The van der Waals surface area contributed by atoms with Gasteiger partial charge in [0.2, 0.25) is 0 Å². The van der Waals surface area contributed by atoms with E-state index in [2.05, 4.69) is 24.8 Å². The van der Waals surface area contributed by atoms with Crippen molar-refractivity contribution in [1.29, 1.82) is 0 Å². The molecule has 0 fully saturated rings. The van der Waals surface area contributed by atoms with Crippen LogP contribution in [0.1, 0.15) is 15.9 Å². The molecule has 1 heterocycles. The lowest BCUT2D eigenvalue weighted by Gasteiger charge is -2.44. The summed E-state index contributed by atoms with van der Waals surface area (Å²) in [6, 6.07) is 13.6. The molecule has 0 bridgehead atoms. The van der Waals surface area contributed by atoms with Gasteiger partial charge < -0.3 is 4.74 Å². The van der Waals surface area contributed by atoms with Crippen LogP contribution in [0.4, 0.5) is 87.8 Å². The van der Waals surface area contributed by atoms with Crippen LogP contribution in [0, 0.1) is 116 Å². The molecule has 0 saturated heterocycles. The Morgan fingerprint density at radius 1 is 0.413 bits per heavy atom. The number of carbonyl (C=O) groups excluding carboxylic acids is 1. The molecule has 25 heteroatoms. The third-order valence-electron chi connectivity index (χ3n) is 9.24. The molecule has 0 aliphatic heterocycles. The van der Waals surface area contributed by atoms with E-state index in [0.717, 1.165) is 6.54 Å². The number of hydrogen-bond acceptors (Lipinski definition) is 3. The van der Waals surface area contributed by atoms with Gasteiger partial charge >= 0.3 is 5.97 Å². The summed E-state index contributed by atoms with van der Waals surface area (Å²) in [7, 11) is 0. The second kappa shape index (κ2) is 18.2. The van der Waals surface area contributed by atoms with Gasteiger partial charge in [-0.1, -0.05) is 30.3 Å². The molecule has 5 aromatic carbocycles. The summed E-state index contributed by atoms with van der Waals surface area (Å²) in [5.74, 6) is -71.7. The van der Waals surface area contributed by atoms with Crippen LogP contribution in [0.5, 0.6) is 0 Å². The smallest absolute Gasteiger partial charge is 0.339 e. The second-order valence-electron chi connectivity index (χ2n) is 12.6. The van der Waals surface area contributed by atoms with Gasteiger partial charge in [0.1, 0.15) is 58.6 Å². The largest absolute Gasteiger partial charge is 0.451 e. The number of aromatic nitrogens is 1. The number of hydrogen-bond donors (Lipinski definition) is 1. The van der Waals surface area contributed by atoms with E-state index in [4.69, 9.17) is 4.74 Å². The van der Waals surface area contributed by atoms with Crippen molar-refractivity contribution in [3.8, 4) is 0 Å². The fourth-order valence-electron chi connectivity index (χ4n) is 6.51. The van der Waals surface area contributed by atoms with Gasteiger partial charge in [-0.05, 0) is 0 Å². The number of benzene rings is 5. The van der Waals surface area contributed by atoms with Gasteiger partial charge in [0, 0.05) is 17.7 Å². The lowest BCUT2D eigenvalue weighted by Crippen LogP contribution is -2.81. The summed E-state index contributed by atoms with van der Waals surface area (Å²) in [6.45, 7) is 0.780. The average Bonchev–Trinajstić information content (AvgIpc) is 3.27. The van der Waals surface area contributed by atoms with Crippen LogP contribution in [0.15, 0.2) is 54.9 Å². The highest BCUT2D eigenvalue weighted by Gasteiger charge is 2.52. The molecule has 0 spiro atoms. The molecule has 0 radical (unpaired) electrons. The summed E-state index contributed by atoms with van der Waals surface area (Å²) in [6.07, 6.45) is -3.49. The first-order valence-corrected chi connectivity index (χ1v) is 17.2.